The predicted molar refractivity (Wildman–Crippen MR) is 171 cm³/mol. The van der Waals surface area contributed by atoms with Crippen molar-refractivity contribution in [2.45, 2.75) is 28.8 Å². The summed E-state index contributed by atoms with van der Waals surface area (Å²) in [6.07, 6.45) is -3.98. The van der Waals surface area contributed by atoms with Crippen LogP contribution in [0.15, 0.2) is 82.6 Å². The Labute approximate surface area is 279 Å². The van der Waals surface area contributed by atoms with E-state index < -0.39 is 35.4 Å². The van der Waals surface area contributed by atoms with Gasteiger partial charge < -0.3 is 20.1 Å². The van der Waals surface area contributed by atoms with Crippen LogP contribution in [0.4, 0.5) is 24.5 Å². The van der Waals surface area contributed by atoms with Gasteiger partial charge in [0.25, 0.3) is 5.91 Å². The molecule has 48 heavy (non-hydrogen) atoms. The monoisotopic (exact) mass is 693 g/mol. The summed E-state index contributed by atoms with van der Waals surface area (Å²) in [5, 5.41) is 12.8. The number of fused-ring (bicyclic) bond motifs is 9. The molecule has 3 fully saturated rings. The fraction of sp³-hybridized carbons (Fsp3) is 0.294. The Morgan fingerprint density at radius 2 is 1.69 bits per heavy atom. The van der Waals surface area contributed by atoms with Crippen molar-refractivity contribution in [1.82, 2.24) is 4.98 Å². The van der Waals surface area contributed by atoms with Crippen LogP contribution in [0, 0.1) is 29.6 Å². The quantitative estimate of drug-likeness (QED) is 0.171. The average molecular weight is 694 g/mol. The van der Waals surface area contributed by atoms with E-state index >= 15 is 0 Å². The molecule has 3 heterocycles. The Hall–Kier alpha value is -4.56. The van der Waals surface area contributed by atoms with Crippen molar-refractivity contribution in [3.05, 3.63) is 98.5 Å². The van der Waals surface area contributed by atoms with Crippen LogP contribution in [0.5, 0.6) is 11.5 Å². The number of phenols is 1. The third-order valence-electron chi connectivity index (χ3n) is 9.92. The third-order valence-corrected chi connectivity index (χ3v) is 12.5. The number of aromatic amines is 1. The van der Waals surface area contributed by atoms with Gasteiger partial charge >= 0.3 is 11.0 Å². The molecule has 1 aromatic heterocycles. The Balaban J connectivity index is 1.05. The Bertz CT molecular complexity index is 2010. The number of amides is 3. The number of thiazole rings is 1. The normalized spacial score (nSPS) is 27.1. The van der Waals surface area contributed by atoms with Crippen molar-refractivity contribution in [1.29, 1.82) is 0 Å². The molecule has 9 nitrogen and oxygen atoms in total. The van der Waals surface area contributed by atoms with Gasteiger partial charge in [-0.3, -0.25) is 24.1 Å². The summed E-state index contributed by atoms with van der Waals surface area (Å²) in [5.41, 5.74) is 0.398. The van der Waals surface area contributed by atoms with E-state index in [9.17, 15) is 37.5 Å². The lowest BCUT2D eigenvalue weighted by Crippen LogP contribution is -2.42. The summed E-state index contributed by atoms with van der Waals surface area (Å²) in [6, 6.07) is 17.6. The molecule has 3 amide bonds. The van der Waals surface area contributed by atoms with Gasteiger partial charge in [0.15, 0.2) is 6.61 Å². The van der Waals surface area contributed by atoms with Crippen LogP contribution in [-0.2, 0) is 20.6 Å². The SMILES string of the molecule is O=C(COc1ccc([C@@H]2c3sc(=O)[nH]c3S[C@@H]3[C@@H]4C[C@@H]([C@@H]5C(=O)N(c6cccc(C(F)(F)F)c6)C(=O)[C@@H]45)[C@H]23)cc1)Nc1ccc(O)cc1. The molecule has 2 saturated carbocycles. The molecule has 1 saturated heterocycles. The van der Waals surface area contributed by atoms with Crippen molar-refractivity contribution in [2.75, 3.05) is 16.8 Å². The molecule has 7 atom stereocenters. The maximum absolute atomic E-state index is 13.9. The van der Waals surface area contributed by atoms with E-state index in [1.807, 2.05) is 12.1 Å². The lowest BCUT2D eigenvalue weighted by atomic mass is 9.68. The molecule has 0 radical (unpaired) electrons. The number of benzene rings is 3. The summed E-state index contributed by atoms with van der Waals surface area (Å²) in [6.45, 7) is -0.250. The van der Waals surface area contributed by atoms with Gasteiger partial charge in [-0.15, -0.1) is 11.8 Å². The first-order valence-electron chi connectivity index (χ1n) is 15.2. The third kappa shape index (κ3) is 5.00. The average Bonchev–Trinajstić information content (AvgIpc) is 3.80. The van der Waals surface area contributed by atoms with E-state index in [1.54, 1.807) is 24.3 Å². The lowest BCUT2D eigenvalue weighted by molar-refractivity contribution is -0.137. The minimum atomic E-state index is -4.62. The standard InChI is InChI=1S/C34H26F3N3O6S2/c35-34(36,37)16-2-1-3-18(12-16)40-31(43)26-21-13-22(27(26)32(40)44)28-25(21)24(29-30(47-28)39-33(45)48-29)15-4-10-20(11-5-15)46-14-23(42)38-17-6-8-19(41)9-7-17/h1-12,21-22,24-28,41H,13-14H2,(H,38,42)(H,39,45)/t21-,22-,24+,25-,26+,27+,28-/m1/s1. The number of imide groups is 1. The first-order valence-corrected chi connectivity index (χ1v) is 16.9. The van der Waals surface area contributed by atoms with E-state index in [4.69, 9.17) is 4.74 Å². The van der Waals surface area contributed by atoms with E-state index in [0.717, 1.165) is 43.8 Å². The number of thioether (sulfide) groups is 1. The summed E-state index contributed by atoms with van der Waals surface area (Å²) in [5.74, 6) is -2.84. The van der Waals surface area contributed by atoms with Crippen molar-refractivity contribution in [3.8, 4) is 11.5 Å². The number of phenolic OH excluding ortho intramolecular Hbond substituents is 1. The minimum absolute atomic E-state index is 0.0726. The molecule has 2 aliphatic heterocycles. The number of aromatic nitrogens is 1. The molecule has 4 aliphatic rings. The number of alkyl halides is 3. The van der Waals surface area contributed by atoms with Crippen LogP contribution in [0.25, 0.3) is 0 Å². The van der Waals surface area contributed by atoms with Gasteiger partial charge in [-0.25, -0.2) is 0 Å². The molecule has 246 valence electrons. The van der Waals surface area contributed by atoms with Gasteiger partial charge in [0.1, 0.15) is 11.5 Å². The summed E-state index contributed by atoms with van der Waals surface area (Å²) < 4.78 is 46.2. The van der Waals surface area contributed by atoms with Gasteiger partial charge in [-0.1, -0.05) is 29.5 Å². The van der Waals surface area contributed by atoms with Gasteiger partial charge in [0.05, 0.1) is 28.1 Å². The maximum Gasteiger partial charge on any atom is 0.416 e. The number of aromatic hydroxyl groups is 1. The maximum atomic E-state index is 13.9. The van der Waals surface area contributed by atoms with Crippen LogP contribution in [-0.4, -0.2) is 39.7 Å². The highest BCUT2D eigenvalue weighted by atomic mass is 32.2. The van der Waals surface area contributed by atoms with E-state index in [1.165, 1.54) is 36.0 Å². The largest absolute Gasteiger partial charge is 0.508 e. The highest BCUT2D eigenvalue weighted by molar-refractivity contribution is 8.00. The number of carbonyl (C=O) groups excluding carboxylic acids is 3. The van der Waals surface area contributed by atoms with Gasteiger partial charge in [-0.05, 0) is 84.3 Å². The number of carbonyl (C=O) groups is 3. The van der Waals surface area contributed by atoms with Gasteiger partial charge in [0.2, 0.25) is 11.8 Å². The van der Waals surface area contributed by atoms with Crippen molar-refractivity contribution >= 4 is 52.2 Å². The van der Waals surface area contributed by atoms with Gasteiger partial charge in [-0.2, -0.15) is 13.2 Å². The number of H-pyrrole nitrogens is 1. The first-order chi connectivity index (χ1) is 23.0. The molecule has 8 rings (SSSR count). The van der Waals surface area contributed by atoms with Crippen molar-refractivity contribution < 1.29 is 37.4 Å². The minimum Gasteiger partial charge on any atom is -0.508 e. The fourth-order valence-corrected chi connectivity index (χ4v) is 11.0. The van der Waals surface area contributed by atoms with E-state index in [0.29, 0.717) is 17.9 Å². The second kappa shape index (κ2) is 11.3. The number of rotatable bonds is 6. The molecule has 2 bridgehead atoms. The number of hydrogen-bond donors (Lipinski definition) is 3. The predicted octanol–water partition coefficient (Wildman–Crippen LogP) is 5.86. The number of nitrogens with zero attached hydrogens (tertiary/aromatic N) is 1. The zero-order valence-electron chi connectivity index (χ0n) is 24.8. The first kappa shape index (κ1) is 30.8. The zero-order chi connectivity index (χ0) is 33.5. The fourth-order valence-electron chi connectivity index (χ4n) is 8.13. The Morgan fingerprint density at radius 3 is 2.40 bits per heavy atom. The number of nitrogens with one attached hydrogen (secondary N) is 2. The molecule has 14 heteroatoms. The molecule has 0 spiro atoms. The van der Waals surface area contributed by atoms with E-state index in [2.05, 4.69) is 10.3 Å². The van der Waals surface area contributed by atoms with E-state index in [-0.39, 0.29) is 57.7 Å². The van der Waals surface area contributed by atoms with Crippen molar-refractivity contribution in [2.24, 2.45) is 29.6 Å². The molecule has 0 unspecified atom stereocenters. The second-order valence-corrected chi connectivity index (χ2v) is 14.7. The Morgan fingerprint density at radius 1 is 0.979 bits per heavy atom. The molecular weight excluding hydrogens is 668 g/mol. The summed E-state index contributed by atoms with van der Waals surface area (Å²) >= 11 is 2.64. The lowest BCUT2D eigenvalue weighted by Gasteiger charge is -2.43. The Kier molecular flexibility index (Phi) is 7.22. The summed E-state index contributed by atoms with van der Waals surface area (Å²) in [7, 11) is 0. The molecule has 3 N–H and O–H groups in total. The molecule has 2 aliphatic carbocycles. The zero-order valence-corrected chi connectivity index (χ0v) is 26.4. The highest BCUT2D eigenvalue weighted by Gasteiger charge is 2.69. The van der Waals surface area contributed by atoms with Crippen LogP contribution in [0.2, 0.25) is 0 Å². The topological polar surface area (TPSA) is 129 Å². The van der Waals surface area contributed by atoms with Crippen LogP contribution in [0.3, 0.4) is 0 Å². The number of anilines is 2. The second-order valence-electron chi connectivity index (χ2n) is 12.5. The molecule has 4 aromatic rings. The number of ether oxygens (including phenoxy) is 1. The highest BCUT2D eigenvalue weighted by Crippen LogP contribution is 2.68. The van der Waals surface area contributed by atoms with Gasteiger partial charge in [0, 0.05) is 21.7 Å². The summed E-state index contributed by atoms with van der Waals surface area (Å²) in [4.78, 5) is 57.2. The smallest absolute Gasteiger partial charge is 0.416 e. The number of hydrogen-bond acceptors (Lipinski definition) is 8. The van der Waals surface area contributed by atoms with Crippen LogP contribution >= 0.6 is 23.1 Å². The molecule has 3 aromatic carbocycles. The van der Waals surface area contributed by atoms with Crippen molar-refractivity contribution in [3.63, 3.8) is 0 Å². The van der Waals surface area contributed by atoms with Crippen LogP contribution < -0.4 is 19.8 Å². The molecular formula is C34H26F3N3O6S2. The van der Waals surface area contributed by atoms with Crippen LogP contribution in [0.1, 0.15) is 28.3 Å². The number of halogens is 3.